The summed E-state index contributed by atoms with van der Waals surface area (Å²) in [6.07, 6.45) is 2.53. The van der Waals surface area contributed by atoms with Crippen molar-refractivity contribution < 1.29 is 45.5 Å². The summed E-state index contributed by atoms with van der Waals surface area (Å²) in [6, 6.07) is 22.3. The van der Waals surface area contributed by atoms with E-state index >= 15 is 0 Å². The quantitative estimate of drug-likeness (QED) is 0.327. The zero-order chi connectivity index (χ0) is 26.5. The van der Waals surface area contributed by atoms with Gasteiger partial charge in [0.05, 0.1) is 0 Å². The van der Waals surface area contributed by atoms with Gasteiger partial charge in [-0.05, 0) is 18.6 Å². The Bertz CT molecular complexity index is 1290. The molecule has 2 saturated heterocycles. The summed E-state index contributed by atoms with van der Waals surface area (Å²) in [6.45, 7) is 9.60. The van der Waals surface area contributed by atoms with Crippen LogP contribution in [0.5, 0.6) is 0 Å². The van der Waals surface area contributed by atoms with E-state index in [1.807, 2.05) is 12.3 Å². The summed E-state index contributed by atoms with van der Waals surface area (Å²) in [5.74, 6) is 0.282. The number of pyridine rings is 1. The summed E-state index contributed by atoms with van der Waals surface area (Å²) in [7, 11) is 0. The van der Waals surface area contributed by atoms with E-state index in [4.69, 9.17) is 0 Å². The van der Waals surface area contributed by atoms with E-state index < -0.39 is 6.04 Å². The van der Waals surface area contributed by atoms with E-state index in [0.717, 1.165) is 49.7 Å². The molecule has 0 bridgehead atoms. The Morgan fingerprint density at radius 1 is 0.974 bits per heavy atom. The minimum absolute atomic E-state index is 0. The fourth-order valence-corrected chi connectivity index (χ4v) is 5.01. The first kappa shape index (κ1) is 28.9. The van der Waals surface area contributed by atoms with Crippen molar-refractivity contribution in [2.45, 2.75) is 32.0 Å². The second-order valence-electron chi connectivity index (χ2n) is 9.73. The first-order valence-electron chi connectivity index (χ1n) is 12.9. The number of piperazine rings is 1. The molecule has 2 fully saturated rings. The number of aromatic nitrogens is 1. The summed E-state index contributed by atoms with van der Waals surface area (Å²) >= 11 is 0. The third kappa shape index (κ3) is 7.10. The molecule has 6 rings (SSSR count). The molecular formula is C30H31N5O3U. The predicted molar refractivity (Wildman–Crippen MR) is 144 cm³/mol. The predicted octanol–water partition coefficient (Wildman–Crippen LogP) is 2.83. The molecule has 0 radical (unpaired) electrons. The molecule has 0 spiro atoms. The van der Waals surface area contributed by atoms with E-state index in [2.05, 4.69) is 69.5 Å². The van der Waals surface area contributed by atoms with Crippen LogP contribution in [0, 0.1) is 44.1 Å². The van der Waals surface area contributed by atoms with Crippen LogP contribution in [0.3, 0.4) is 0 Å². The van der Waals surface area contributed by atoms with Crippen molar-refractivity contribution in [3.63, 3.8) is 0 Å². The zero-order valence-corrected chi connectivity index (χ0v) is 26.0. The van der Waals surface area contributed by atoms with Crippen LogP contribution in [-0.2, 0) is 22.7 Å². The van der Waals surface area contributed by atoms with E-state index in [0.29, 0.717) is 18.5 Å². The van der Waals surface area contributed by atoms with Crippen molar-refractivity contribution in [3.05, 3.63) is 102 Å². The number of anilines is 1. The number of benzene rings is 2. The Labute approximate surface area is 253 Å². The summed E-state index contributed by atoms with van der Waals surface area (Å²) in [5.41, 5.74) is 3.85. The van der Waals surface area contributed by atoms with Crippen LogP contribution in [0.4, 0.5) is 5.82 Å². The smallest absolute Gasteiger partial charge is 0.354 e. The number of imide groups is 1. The minimum Gasteiger partial charge on any atom is -0.354 e. The van der Waals surface area contributed by atoms with Gasteiger partial charge < -0.3 is 9.80 Å². The molecule has 3 aliphatic rings. The van der Waals surface area contributed by atoms with E-state index in [-0.39, 0.29) is 55.3 Å². The number of nitrogens with zero attached hydrogens (tertiary/aromatic N) is 4. The number of carbonyl (C=O) groups excluding carboxylic acids is 3. The average Bonchev–Trinajstić information content (AvgIpc) is 3.27. The second kappa shape index (κ2) is 13.3. The molecule has 0 saturated carbocycles. The van der Waals surface area contributed by atoms with Crippen molar-refractivity contribution in [2.75, 3.05) is 31.1 Å². The maximum atomic E-state index is 12.2. The summed E-state index contributed by atoms with van der Waals surface area (Å²) in [5, 5.41) is 2.27. The van der Waals surface area contributed by atoms with Crippen LogP contribution in [0.2, 0.25) is 0 Å². The number of rotatable bonds is 4. The Morgan fingerprint density at radius 2 is 1.74 bits per heavy atom. The Morgan fingerprint density at radius 3 is 2.41 bits per heavy atom. The monoisotopic (exact) mass is 747 g/mol. The largest absolute Gasteiger partial charge is 2.00 e. The van der Waals surface area contributed by atoms with Gasteiger partial charge in [0.1, 0.15) is 11.9 Å². The number of hydrogen-bond acceptors (Lipinski definition) is 6. The van der Waals surface area contributed by atoms with Gasteiger partial charge in [0.15, 0.2) is 5.91 Å². The Kier molecular flexibility index (Phi) is 9.84. The number of fused-ring (bicyclic) bond motifs is 1. The normalized spacial score (nSPS) is 19.0. The molecule has 9 heteroatoms. The van der Waals surface area contributed by atoms with Gasteiger partial charge in [-0.1, -0.05) is 17.2 Å². The van der Waals surface area contributed by atoms with Crippen molar-refractivity contribution in [2.24, 2.45) is 0 Å². The first-order chi connectivity index (χ1) is 18.5. The molecule has 3 amide bonds. The molecule has 4 heterocycles. The van der Waals surface area contributed by atoms with Gasteiger partial charge in [-0.15, -0.1) is 17.7 Å². The van der Waals surface area contributed by atoms with Crippen LogP contribution in [0.15, 0.2) is 66.9 Å². The number of carbonyl (C=O) groups is 3. The van der Waals surface area contributed by atoms with Crippen LogP contribution >= 0.6 is 0 Å². The van der Waals surface area contributed by atoms with E-state index in [9.17, 15) is 14.4 Å². The average molecular weight is 748 g/mol. The van der Waals surface area contributed by atoms with Gasteiger partial charge in [-0.3, -0.25) is 24.6 Å². The molecule has 1 atom stereocenters. The van der Waals surface area contributed by atoms with Crippen LogP contribution in [0.25, 0.3) is 0 Å². The van der Waals surface area contributed by atoms with Gasteiger partial charge >= 0.3 is 31.1 Å². The van der Waals surface area contributed by atoms with Gasteiger partial charge in [0.25, 0.3) is 0 Å². The zero-order valence-electron chi connectivity index (χ0n) is 21.8. The first-order valence-corrected chi connectivity index (χ1v) is 12.9. The Hall–Kier alpha value is -3.12. The molecule has 1 N–H and O–H groups in total. The van der Waals surface area contributed by atoms with Crippen molar-refractivity contribution in [3.8, 4) is 0 Å². The van der Waals surface area contributed by atoms with Gasteiger partial charge in [-0.2, -0.15) is 48.9 Å². The van der Waals surface area contributed by atoms with Crippen molar-refractivity contribution in [1.82, 2.24) is 20.1 Å². The summed E-state index contributed by atoms with van der Waals surface area (Å²) in [4.78, 5) is 45.8. The number of amides is 3. The fraction of sp³-hybridized carbons (Fsp3) is 0.300. The molecule has 39 heavy (non-hydrogen) atoms. The maximum absolute atomic E-state index is 12.2. The number of nitrogens with one attached hydrogen (secondary N) is 1. The molecule has 2 aromatic carbocycles. The fourth-order valence-electron chi connectivity index (χ4n) is 5.01. The Balaban J connectivity index is 0.000000177. The molecule has 1 aromatic heterocycles. The molecular weight excluding hydrogens is 716 g/mol. The molecule has 198 valence electrons. The molecule has 1 unspecified atom stereocenters. The molecule has 0 aliphatic carbocycles. The van der Waals surface area contributed by atoms with Crippen LogP contribution in [-0.4, -0.2) is 64.7 Å². The standard InChI is InChI=1S/C17H20N3.C13H11N2O3.U/c1-15-5-7-16(8-6-15)14-19-10-12-20(13-11-19)17-4-2-3-9-18-17;16-11-6-5-10(12(17)14-11)15-7-8-3-1-2-4-9(8)13(15)18;/h2-9H,1,10-14H2;1-2,4,10H,5-7H2,(H,14,16,17);/q2*-1;+2. The molecule has 8 nitrogen and oxygen atoms in total. The third-order valence-corrected chi connectivity index (χ3v) is 7.12. The topological polar surface area (TPSA) is 85.8 Å². The minimum atomic E-state index is -0.545. The van der Waals surface area contributed by atoms with Crippen molar-refractivity contribution in [1.29, 1.82) is 0 Å². The van der Waals surface area contributed by atoms with E-state index in [1.54, 1.807) is 18.2 Å². The van der Waals surface area contributed by atoms with Crippen LogP contribution < -0.4 is 10.2 Å². The van der Waals surface area contributed by atoms with Crippen LogP contribution in [0.1, 0.15) is 39.9 Å². The SMILES string of the molecule is O=C1CCC(N2Cc3[c-]cccc3C2=O)C(=O)N1.[CH2-]c1ccc(CN2CCN(c3ccccn3)CC2)cc1.[U+2]. The second-order valence-corrected chi connectivity index (χ2v) is 9.73. The third-order valence-electron chi connectivity index (χ3n) is 7.12. The number of piperidine rings is 1. The van der Waals surface area contributed by atoms with Crippen molar-refractivity contribution >= 4 is 23.5 Å². The molecule has 3 aromatic rings. The summed E-state index contributed by atoms with van der Waals surface area (Å²) < 4.78 is 0. The van der Waals surface area contributed by atoms with E-state index in [1.165, 1.54) is 10.5 Å². The van der Waals surface area contributed by atoms with Gasteiger partial charge in [0, 0.05) is 51.9 Å². The van der Waals surface area contributed by atoms with Gasteiger partial charge in [0.2, 0.25) is 11.8 Å². The molecule has 3 aliphatic heterocycles. The number of hydrogen-bond donors (Lipinski definition) is 1. The maximum Gasteiger partial charge on any atom is 2.00 e. The van der Waals surface area contributed by atoms with Gasteiger partial charge in [-0.25, -0.2) is 4.98 Å².